The zero-order chi connectivity index (χ0) is 15.6. The SMILES string of the molecule is COC1CN(C(=O)c2ccnc(Cl)c2[N+](=O)[O-])CCC1C. The Hall–Kier alpha value is -1.73. The molecule has 0 aromatic carbocycles. The summed E-state index contributed by atoms with van der Waals surface area (Å²) in [5.41, 5.74) is -0.485. The van der Waals surface area contributed by atoms with Gasteiger partial charge in [0.1, 0.15) is 5.56 Å². The number of carbonyl (C=O) groups is 1. The van der Waals surface area contributed by atoms with Crippen LogP contribution in [0.15, 0.2) is 12.3 Å². The number of halogens is 1. The zero-order valence-corrected chi connectivity index (χ0v) is 12.5. The van der Waals surface area contributed by atoms with Crippen LogP contribution >= 0.6 is 11.6 Å². The fourth-order valence-electron chi connectivity index (χ4n) is 2.47. The van der Waals surface area contributed by atoms with Gasteiger partial charge in [-0.1, -0.05) is 18.5 Å². The van der Waals surface area contributed by atoms with Gasteiger partial charge in [-0.2, -0.15) is 0 Å². The molecule has 2 atom stereocenters. The molecular weight excluding hydrogens is 298 g/mol. The second kappa shape index (κ2) is 6.36. The molecule has 2 unspecified atom stereocenters. The predicted octanol–water partition coefficient (Wildman–Crippen LogP) is 2.14. The summed E-state index contributed by atoms with van der Waals surface area (Å²) in [5, 5.41) is 10.8. The van der Waals surface area contributed by atoms with Crippen LogP contribution in [0.2, 0.25) is 5.15 Å². The maximum Gasteiger partial charge on any atom is 0.319 e. The number of aromatic nitrogens is 1. The topological polar surface area (TPSA) is 85.6 Å². The number of ether oxygens (including phenoxy) is 1. The lowest BCUT2D eigenvalue weighted by molar-refractivity contribution is -0.385. The lowest BCUT2D eigenvalue weighted by atomic mass is 9.95. The summed E-state index contributed by atoms with van der Waals surface area (Å²) >= 11 is 5.74. The molecule has 0 saturated carbocycles. The van der Waals surface area contributed by atoms with E-state index in [0.29, 0.717) is 19.0 Å². The molecule has 0 radical (unpaired) electrons. The fraction of sp³-hybridized carbons (Fsp3) is 0.538. The Morgan fingerprint density at radius 3 is 2.95 bits per heavy atom. The molecule has 0 spiro atoms. The molecule has 2 rings (SSSR count). The lowest BCUT2D eigenvalue weighted by Crippen LogP contribution is -2.46. The highest BCUT2D eigenvalue weighted by Crippen LogP contribution is 2.28. The highest BCUT2D eigenvalue weighted by Gasteiger charge is 2.33. The summed E-state index contributed by atoms with van der Waals surface area (Å²) in [7, 11) is 1.60. The minimum atomic E-state index is -0.678. The van der Waals surface area contributed by atoms with Crippen LogP contribution < -0.4 is 0 Å². The number of likely N-dealkylation sites (tertiary alicyclic amines) is 1. The third-order valence-electron chi connectivity index (χ3n) is 3.77. The minimum absolute atomic E-state index is 0.0376. The van der Waals surface area contributed by atoms with Crippen molar-refractivity contribution in [2.75, 3.05) is 20.2 Å². The fourth-order valence-corrected chi connectivity index (χ4v) is 2.70. The van der Waals surface area contributed by atoms with Crippen LogP contribution in [-0.2, 0) is 4.74 Å². The molecule has 2 heterocycles. The molecule has 1 aromatic heterocycles. The van der Waals surface area contributed by atoms with Crippen molar-refractivity contribution < 1.29 is 14.5 Å². The van der Waals surface area contributed by atoms with E-state index in [1.807, 2.05) is 0 Å². The van der Waals surface area contributed by atoms with Gasteiger partial charge < -0.3 is 9.64 Å². The Bertz CT molecular complexity index is 566. The summed E-state index contributed by atoms with van der Waals surface area (Å²) in [6.45, 7) is 3.01. The van der Waals surface area contributed by atoms with Crippen LogP contribution in [0.25, 0.3) is 0 Å². The number of nitro groups is 1. The Morgan fingerprint density at radius 1 is 1.62 bits per heavy atom. The average Bonchev–Trinajstić information content (AvgIpc) is 2.46. The first kappa shape index (κ1) is 15.7. The maximum atomic E-state index is 12.5. The molecule has 8 heteroatoms. The third-order valence-corrected chi connectivity index (χ3v) is 4.05. The number of amides is 1. The summed E-state index contributed by atoms with van der Waals surface area (Å²) in [5.74, 6) is -0.0741. The number of hydrogen-bond acceptors (Lipinski definition) is 5. The summed E-state index contributed by atoms with van der Waals surface area (Å²) in [4.78, 5) is 28.2. The largest absolute Gasteiger partial charge is 0.379 e. The van der Waals surface area contributed by atoms with E-state index in [2.05, 4.69) is 11.9 Å². The van der Waals surface area contributed by atoms with Crippen molar-refractivity contribution in [1.82, 2.24) is 9.88 Å². The quantitative estimate of drug-likeness (QED) is 0.485. The van der Waals surface area contributed by atoms with Crippen LogP contribution in [0.5, 0.6) is 0 Å². The molecular formula is C13H16ClN3O4. The molecule has 1 aromatic rings. The van der Waals surface area contributed by atoms with Crippen molar-refractivity contribution in [2.24, 2.45) is 5.92 Å². The van der Waals surface area contributed by atoms with Gasteiger partial charge in [-0.3, -0.25) is 14.9 Å². The van der Waals surface area contributed by atoms with Gasteiger partial charge in [-0.25, -0.2) is 4.98 Å². The number of carbonyl (C=O) groups excluding carboxylic acids is 1. The summed E-state index contributed by atoms with van der Waals surface area (Å²) < 4.78 is 5.35. The van der Waals surface area contributed by atoms with Gasteiger partial charge in [-0.15, -0.1) is 0 Å². The van der Waals surface area contributed by atoms with Gasteiger partial charge in [0.2, 0.25) is 5.15 Å². The van der Waals surface area contributed by atoms with E-state index in [1.165, 1.54) is 12.3 Å². The van der Waals surface area contributed by atoms with Gasteiger partial charge in [0.05, 0.1) is 11.0 Å². The van der Waals surface area contributed by atoms with E-state index in [4.69, 9.17) is 16.3 Å². The van der Waals surface area contributed by atoms with Crippen molar-refractivity contribution >= 4 is 23.2 Å². The van der Waals surface area contributed by atoms with Gasteiger partial charge in [0.15, 0.2) is 0 Å². The minimum Gasteiger partial charge on any atom is -0.379 e. The highest BCUT2D eigenvalue weighted by molar-refractivity contribution is 6.32. The third kappa shape index (κ3) is 3.14. The second-order valence-electron chi connectivity index (χ2n) is 5.05. The van der Waals surface area contributed by atoms with Crippen molar-refractivity contribution in [2.45, 2.75) is 19.4 Å². The second-order valence-corrected chi connectivity index (χ2v) is 5.40. The lowest BCUT2D eigenvalue weighted by Gasteiger charge is -2.36. The first-order valence-electron chi connectivity index (χ1n) is 6.56. The van der Waals surface area contributed by atoms with E-state index in [1.54, 1.807) is 12.0 Å². The van der Waals surface area contributed by atoms with Crippen molar-refractivity contribution in [1.29, 1.82) is 0 Å². The van der Waals surface area contributed by atoms with E-state index in [-0.39, 0.29) is 16.8 Å². The van der Waals surface area contributed by atoms with Gasteiger partial charge in [0.25, 0.3) is 5.91 Å². The average molecular weight is 314 g/mol. The maximum absolute atomic E-state index is 12.5. The number of methoxy groups -OCH3 is 1. The Labute approximate surface area is 127 Å². The predicted molar refractivity (Wildman–Crippen MR) is 76.4 cm³/mol. The molecule has 1 aliphatic rings. The molecule has 1 amide bonds. The Morgan fingerprint density at radius 2 is 2.33 bits per heavy atom. The van der Waals surface area contributed by atoms with Crippen molar-refractivity contribution in [3.05, 3.63) is 33.1 Å². The van der Waals surface area contributed by atoms with E-state index in [9.17, 15) is 14.9 Å². The number of rotatable bonds is 3. The van der Waals surface area contributed by atoms with Crippen LogP contribution in [0.4, 0.5) is 5.69 Å². The Balaban J connectivity index is 2.29. The first-order chi connectivity index (χ1) is 9.95. The van der Waals surface area contributed by atoms with Crippen molar-refractivity contribution in [3.8, 4) is 0 Å². The van der Waals surface area contributed by atoms with Crippen molar-refractivity contribution in [3.63, 3.8) is 0 Å². The van der Waals surface area contributed by atoms with Gasteiger partial charge >= 0.3 is 5.69 Å². The molecule has 1 aliphatic heterocycles. The van der Waals surface area contributed by atoms with Gasteiger partial charge in [-0.05, 0) is 18.4 Å². The van der Waals surface area contributed by atoms with E-state index >= 15 is 0 Å². The zero-order valence-electron chi connectivity index (χ0n) is 11.8. The van der Waals surface area contributed by atoms with Gasteiger partial charge in [0, 0.05) is 26.4 Å². The van der Waals surface area contributed by atoms with Crippen LogP contribution in [0.1, 0.15) is 23.7 Å². The van der Waals surface area contributed by atoms with E-state index in [0.717, 1.165) is 6.42 Å². The molecule has 7 nitrogen and oxygen atoms in total. The normalized spacial score (nSPS) is 22.1. The molecule has 0 aliphatic carbocycles. The van der Waals surface area contributed by atoms with Crippen LogP contribution in [0.3, 0.4) is 0 Å². The van der Waals surface area contributed by atoms with E-state index < -0.39 is 16.5 Å². The number of hydrogen-bond donors (Lipinski definition) is 0. The summed E-state index contributed by atoms with van der Waals surface area (Å²) in [6.07, 6.45) is 2.01. The number of pyridine rings is 1. The van der Waals surface area contributed by atoms with Crippen LogP contribution in [-0.4, -0.2) is 47.0 Å². The molecule has 1 fully saturated rings. The number of nitrogens with zero attached hydrogens (tertiary/aromatic N) is 3. The monoisotopic (exact) mass is 313 g/mol. The summed E-state index contributed by atoms with van der Waals surface area (Å²) in [6, 6.07) is 1.33. The molecule has 21 heavy (non-hydrogen) atoms. The van der Waals surface area contributed by atoms with Crippen LogP contribution in [0, 0.1) is 16.0 Å². The molecule has 0 bridgehead atoms. The molecule has 114 valence electrons. The Kier molecular flexibility index (Phi) is 4.74. The molecule has 1 saturated heterocycles. The highest BCUT2D eigenvalue weighted by atomic mass is 35.5. The molecule has 0 N–H and O–H groups in total. The first-order valence-corrected chi connectivity index (χ1v) is 6.94. The smallest absolute Gasteiger partial charge is 0.319 e. The number of piperidine rings is 1. The standard InChI is InChI=1S/C13H16ClN3O4/c1-8-4-6-16(7-10(8)21-2)13(18)9-3-5-15-12(14)11(9)17(19)20/h3,5,8,10H,4,6-7H2,1-2H3.